The number of carbonyl (C=O) groups is 1. The predicted octanol–water partition coefficient (Wildman–Crippen LogP) is 7.91. The van der Waals surface area contributed by atoms with Crippen molar-refractivity contribution in [2.75, 3.05) is 50.6 Å². The number of nitrogens with one attached hydrogen (secondary N) is 3. The van der Waals surface area contributed by atoms with E-state index in [2.05, 4.69) is 49.5 Å². The molecule has 0 unspecified atom stereocenters. The van der Waals surface area contributed by atoms with Gasteiger partial charge in [0.05, 0.1) is 43.5 Å². The molecule has 3 N–H and O–H groups in total. The Kier molecular flexibility index (Phi) is 14.3. The van der Waals surface area contributed by atoms with Crippen LogP contribution in [0.1, 0.15) is 67.5 Å². The van der Waals surface area contributed by atoms with Crippen molar-refractivity contribution in [3.05, 3.63) is 60.3 Å². The molecule has 4 aromatic rings. The van der Waals surface area contributed by atoms with Gasteiger partial charge < -0.3 is 25.0 Å². The summed E-state index contributed by atoms with van der Waals surface area (Å²) in [6.07, 6.45) is 2.15. The zero-order chi connectivity index (χ0) is 38.8. The van der Waals surface area contributed by atoms with E-state index in [1.54, 1.807) is 31.4 Å². The Labute approximate surface area is 311 Å². The first kappa shape index (κ1) is 41.6. The SMILES string of the molecule is COc1cc2c(Nc3cc(CC(=O)Nc4cccc(F)c4)[nH]n3)ncnc2cc1OCCCN(CCOP(=O)(OC(C)(C)C)OC(C)(C)C)CC(C)C. The smallest absolute Gasteiger partial charge is 0.475 e. The van der Waals surface area contributed by atoms with Crippen LogP contribution in [0.2, 0.25) is 0 Å². The molecule has 0 saturated heterocycles. The Bertz CT molecular complexity index is 1840. The van der Waals surface area contributed by atoms with E-state index in [0.29, 0.717) is 70.9 Å². The lowest BCUT2D eigenvalue weighted by molar-refractivity contribution is -0.115. The summed E-state index contributed by atoms with van der Waals surface area (Å²) >= 11 is 0. The second-order valence-electron chi connectivity index (χ2n) is 15.0. The minimum atomic E-state index is -3.80. The molecule has 2 aromatic heterocycles. The monoisotopic (exact) mass is 757 g/mol. The third-order valence-corrected chi connectivity index (χ3v) is 9.23. The van der Waals surface area contributed by atoms with Crippen molar-refractivity contribution in [1.82, 2.24) is 25.1 Å². The van der Waals surface area contributed by atoms with Gasteiger partial charge in [-0.25, -0.2) is 18.9 Å². The number of nitrogens with zero attached hydrogens (tertiary/aromatic N) is 4. The number of fused-ring (bicyclic) bond motifs is 1. The Hall–Kier alpha value is -4.14. The molecule has 16 heteroatoms. The summed E-state index contributed by atoms with van der Waals surface area (Å²) < 4.78 is 56.1. The van der Waals surface area contributed by atoms with Gasteiger partial charge in [0.25, 0.3) is 0 Å². The van der Waals surface area contributed by atoms with Crippen LogP contribution < -0.4 is 20.1 Å². The van der Waals surface area contributed by atoms with E-state index in [-0.39, 0.29) is 18.9 Å². The van der Waals surface area contributed by atoms with E-state index >= 15 is 0 Å². The zero-order valence-corrected chi connectivity index (χ0v) is 33.0. The summed E-state index contributed by atoms with van der Waals surface area (Å²) in [6, 6.07) is 11.0. The minimum Gasteiger partial charge on any atom is -0.493 e. The first-order chi connectivity index (χ1) is 24.9. The highest BCUT2D eigenvalue weighted by Crippen LogP contribution is 2.55. The Balaban J connectivity index is 1.34. The fourth-order valence-electron chi connectivity index (χ4n) is 5.32. The van der Waals surface area contributed by atoms with E-state index in [9.17, 15) is 13.8 Å². The highest BCUT2D eigenvalue weighted by atomic mass is 31.2. The summed E-state index contributed by atoms with van der Waals surface area (Å²) in [5, 5.41) is 13.6. The number of aromatic amines is 1. The number of aromatic nitrogens is 4. The first-order valence-electron chi connectivity index (χ1n) is 17.6. The normalized spacial score (nSPS) is 12.5. The summed E-state index contributed by atoms with van der Waals surface area (Å²) in [4.78, 5) is 23.6. The summed E-state index contributed by atoms with van der Waals surface area (Å²) in [6.45, 7) is 17.8. The van der Waals surface area contributed by atoms with E-state index in [0.717, 1.165) is 13.1 Å². The lowest BCUT2D eigenvalue weighted by atomic mass is 10.2. The number of hydrogen-bond acceptors (Lipinski definition) is 12. The molecule has 0 aliphatic carbocycles. The quantitative estimate of drug-likeness (QED) is 0.0627. The minimum absolute atomic E-state index is 0.00807. The highest BCUT2D eigenvalue weighted by molar-refractivity contribution is 7.48. The van der Waals surface area contributed by atoms with Crippen molar-refractivity contribution in [2.45, 2.75) is 79.4 Å². The lowest BCUT2D eigenvalue weighted by Gasteiger charge is -2.31. The number of benzene rings is 2. The molecule has 4 rings (SSSR count). The zero-order valence-electron chi connectivity index (χ0n) is 32.1. The Morgan fingerprint density at radius 1 is 0.981 bits per heavy atom. The molecule has 1 amide bonds. The van der Waals surface area contributed by atoms with Crippen molar-refractivity contribution >= 4 is 42.0 Å². The van der Waals surface area contributed by atoms with Gasteiger partial charge in [0.1, 0.15) is 18.0 Å². The number of rotatable bonds is 19. The maximum absolute atomic E-state index is 13.5. The van der Waals surface area contributed by atoms with Crippen molar-refractivity contribution in [3.63, 3.8) is 0 Å². The average Bonchev–Trinajstić information content (AvgIpc) is 3.46. The average molecular weight is 758 g/mol. The molecular weight excluding hydrogens is 704 g/mol. The molecule has 2 heterocycles. The van der Waals surface area contributed by atoms with Gasteiger partial charge in [0.2, 0.25) is 5.91 Å². The summed E-state index contributed by atoms with van der Waals surface area (Å²) in [7, 11) is -2.24. The molecule has 0 bridgehead atoms. The molecule has 0 fully saturated rings. The number of halogens is 1. The Morgan fingerprint density at radius 2 is 1.72 bits per heavy atom. The van der Waals surface area contributed by atoms with Crippen LogP contribution in [0.3, 0.4) is 0 Å². The molecule has 0 saturated carbocycles. The lowest BCUT2D eigenvalue weighted by Crippen LogP contribution is -2.33. The predicted molar refractivity (Wildman–Crippen MR) is 203 cm³/mol. The number of hydrogen-bond donors (Lipinski definition) is 3. The highest BCUT2D eigenvalue weighted by Gasteiger charge is 2.37. The summed E-state index contributed by atoms with van der Waals surface area (Å²) in [5.41, 5.74) is 0.137. The Morgan fingerprint density at radius 3 is 2.38 bits per heavy atom. The molecule has 0 aliphatic heterocycles. The van der Waals surface area contributed by atoms with Gasteiger partial charge in [-0.3, -0.25) is 23.5 Å². The van der Waals surface area contributed by atoms with Crippen molar-refractivity contribution < 1.29 is 36.8 Å². The van der Waals surface area contributed by atoms with E-state index in [1.807, 2.05) is 41.5 Å². The van der Waals surface area contributed by atoms with E-state index < -0.39 is 24.8 Å². The van der Waals surface area contributed by atoms with E-state index in [4.69, 9.17) is 23.0 Å². The topological polar surface area (TPSA) is 162 Å². The van der Waals surface area contributed by atoms with Crippen LogP contribution in [-0.4, -0.2) is 82.1 Å². The van der Waals surface area contributed by atoms with Crippen LogP contribution in [0.15, 0.2) is 48.8 Å². The molecule has 53 heavy (non-hydrogen) atoms. The number of methoxy groups -OCH3 is 1. The van der Waals surface area contributed by atoms with Crippen LogP contribution in [0.4, 0.5) is 21.7 Å². The summed E-state index contributed by atoms with van der Waals surface area (Å²) in [5.74, 6) is 1.62. The van der Waals surface area contributed by atoms with Crippen molar-refractivity contribution in [1.29, 1.82) is 0 Å². The molecule has 0 aliphatic rings. The number of amides is 1. The van der Waals surface area contributed by atoms with Crippen molar-refractivity contribution in [2.24, 2.45) is 5.92 Å². The van der Waals surface area contributed by atoms with Crippen LogP contribution in [0.25, 0.3) is 10.9 Å². The number of phosphoric acid groups is 1. The fraction of sp³-hybridized carbons (Fsp3) is 0.514. The molecule has 0 spiro atoms. The largest absolute Gasteiger partial charge is 0.493 e. The third-order valence-electron chi connectivity index (χ3n) is 7.19. The number of anilines is 3. The van der Waals surface area contributed by atoms with Crippen LogP contribution in [0.5, 0.6) is 11.5 Å². The maximum atomic E-state index is 13.5. The second kappa shape index (κ2) is 18.3. The third kappa shape index (κ3) is 14.0. The van der Waals surface area contributed by atoms with Gasteiger partial charge >= 0.3 is 7.82 Å². The van der Waals surface area contributed by atoms with Crippen LogP contribution in [-0.2, 0) is 29.4 Å². The molecule has 2 aromatic carbocycles. The maximum Gasteiger partial charge on any atom is 0.475 e. The van der Waals surface area contributed by atoms with Crippen LogP contribution in [0, 0.1) is 11.7 Å². The molecule has 14 nitrogen and oxygen atoms in total. The second-order valence-corrected chi connectivity index (χ2v) is 16.5. The van der Waals surface area contributed by atoms with Gasteiger partial charge in [0.15, 0.2) is 17.3 Å². The molecule has 290 valence electrons. The van der Waals surface area contributed by atoms with Crippen molar-refractivity contribution in [3.8, 4) is 11.5 Å². The number of carbonyl (C=O) groups excluding carboxylic acids is 1. The standard InChI is InChI=1S/C37H53FN7O7P/c1-25(2)23-45(15-17-50-53(47,51-36(3,4)5)52-37(6,7)8)14-11-16-49-32-22-30-29(21-31(32)48-9)35(40-24-39-30)42-33-19-28(43-44-33)20-34(46)41-27-13-10-12-26(38)18-27/h10,12-13,18-19,21-22,24-25H,11,14-17,20,23H2,1-9H3,(H,41,46)(H2,39,40,42,43,44). The molecular formula is C37H53FN7O7P. The molecule has 0 atom stereocenters. The number of ether oxygens (including phenoxy) is 2. The van der Waals surface area contributed by atoms with Gasteiger partial charge in [-0.2, -0.15) is 5.10 Å². The number of H-pyrrole nitrogens is 1. The van der Waals surface area contributed by atoms with Gasteiger partial charge in [-0.1, -0.05) is 19.9 Å². The first-order valence-corrected chi connectivity index (χ1v) is 19.1. The van der Waals surface area contributed by atoms with Gasteiger partial charge in [-0.15, -0.1) is 0 Å². The fourth-order valence-corrected chi connectivity index (χ4v) is 7.11. The van der Waals surface area contributed by atoms with Gasteiger partial charge in [-0.05, 0) is 78.1 Å². The van der Waals surface area contributed by atoms with E-state index in [1.165, 1.54) is 24.5 Å². The van der Waals surface area contributed by atoms with Gasteiger partial charge in [0, 0.05) is 48.5 Å². The number of phosphoric ester groups is 1. The van der Waals surface area contributed by atoms with Crippen LogP contribution >= 0.6 is 7.82 Å². The molecule has 0 radical (unpaired) electrons.